The van der Waals surface area contributed by atoms with Crippen LogP contribution < -0.4 is 0 Å². The highest BCUT2D eigenvalue weighted by Crippen LogP contribution is 2.30. The number of rotatable bonds is 3. The number of carbonyl (C=O) groups is 2. The monoisotopic (exact) mass is 274 g/mol. The molecule has 5 heteroatoms. The molecule has 0 radical (unpaired) electrons. The number of aliphatic carboxylic acids is 2. The summed E-state index contributed by atoms with van der Waals surface area (Å²) in [7, 11) is 0. The fourth-order valence-electron chi connectivity index (χ4n) is 1.94. The topological polar surface area (TPSA) is 74.6 Å². The Bertz CT molecular complexity index is 614. The highest BCUT2D eigenvalue weighted by molar-refractivity contribution is 7.81. The maximum atomic E-state index is 11.2. The molecule has 1 aromatic carbocycles. The van der Waals surface area contributed by atoms with Crippen LogP contribution in [0.3, 0.4) is 0 Å². The Kier molecular flexibility index (Phi) is 3.57. The predicted molar refractivity (Wildman–Crippen MR) is 73.9 cm³/mol. The van der Waals surface area contributed by atoms with Gasteiger partial charge < -0.3 is 10.2 Å². The van der Waals surface area contributed by atoms with Crippen LogP contribution in [0.4, 0.5) is 0 Å². The zero-order valence-corrected chi connectivity index (χ0v) is 10.6. The van der Waals surface area contributed by atoms with Crippen molar-refractivity contribution in [2.45, 2.75) is 0 Å². The van der Waals surface area contributed by atoms with E-state index in [1.807, 2.05) is 18.2 Å². The molecular formula is C14H10O4S. The molecular weight excluding hydrogens is 264 g/mol. The van der Waals surface area contributed by atoms with Crippen molar-refractivity contribution in [3.8, 4) is 0 Å². The Hall–Kier alpha value is -2.27. The number of carboxylic acid groups (broad SMARTS) is 2. The van der Waals surface area contributed by atoms with Gasteiger partial charge in [0.25, 0.3) is 0 Å². The second kappa shape index (κ2) is 5.16. The summed E-state index contributed by atoms with van der Waals surface area (Å²) in [5, 5.41) is 18.2. The molecule has 0 heterocycles. The largest absolute Gasteiger partial charge is 0.481 e. The molecule has 96 valence electrons. The zero-order valence-electron chi connectivity index (χ0n) is 9.74. The first-order valence-electron chi connectivity index (χ1n) is 5.50. The van der Waals surface area contributed by atoms with Gasteiger partial charge in [-0.25, -0.2) is 4.79 Å². The van der Waals surface area contributed by atoms with Gasteiger partial charge in [-0.3, -0.25) is 4.79 Å². The van der Waals surface area contributed by atoms with Crippen LogP contribution >= 0.6 is 12.2 Å². The summed E-state index contributed by atoms with van der Waals surface area (Å²) in [5.74, 6) is -3.80. The summed E-state index contributed by atoms with van der Waals surface area (Å²) in [6.07, 6.45) is 2.86. The van der Waals surface area contributed by atoms with Crippen LogP contribution in [0.5, 0.6) is 0 Å². The van der Waals surface area contributed by atoms with E-state index in [1.165, 1.54) is 6.08 Å². The average molecular weight is 274 g/mol. The first-order chi connectivity index (χ1) is 9.02. The van der Waals surface area contributed by atoms with Crippen LogP contribution in [-0.2, 0) is 9.59 Å². The predicted octanol–water partition coefficient (Wildman–Crippen LogP) is 2.17. The molecule has 0 aliphatic heterocycles. The molecule has 0 bridgehead atoms. The van der Waals surface area contributed by atoms with Crippen LogP contribution in [0.2, 0.25) is 0 Å². The fourth-order valence-corrected chi connectivity index (χ4v) is 2.36. The lowest BCUT2D eigenvalue weighted by atomic mass is 9.84. The van der Waals surface area contributed by atoms with Crippen LogP contribution in [0.15, 0.2) is 48.1 Å². The molecule has 2 N–H and O–H groups in total. The normalized spacial score (nSPS) is 18.5. The summed E-state index contributed by atoms with van der Waals surface area (Å²) >= 11 is 5.15. The first-order valence-corrected chi connectivity index (χ1v) is 5.91. The van der Waals surface area contributed by atoms with Gasteiger partial charge >= 0.3 is 11.9 Å². The summed E-state index contributed by atoms with van der Waals surface area (Å²) in [6.45, 7) is 0. The molecule has 4 nitrogen and oxygen atoms in total. The van der Waals surface area contributed by atoms with Gasteiger partial charge in [0.05, 0.1) is 5.57 Å². The maximum absolute atomic E-state index is 11.2. The van der Waals surface area contributed by atoms with Crippen LogP contribution in [-0.4, -0.2) is 27.0 Å². The lowest BCUT2D eigenvalue weighted by molar-refractivity contribution is -0.141. The third-order valence-corrected chi connectivity index (χ3v) is 3.30. The molecule has 1 unspecified atom stereocenters. The van der Waals surface area contributed by atoms with E-state index in [4.69, 9.17) is 17.3 Å². The van der Waals surface area contributed by atoms with Crippen molar-refractivity contribution >= 4 is 34.6 Å². The van der Waals surface area contributed by atoms with E-state index in [0.29, 0.717) is 5.57 Å². The van der Waals surface area contributed by atoms with E-state index in [-0.39, 0.29) is 10.4 Å². The SMILES string of the molecule is O=C(O)C1=CC=C(c2ccccc2)C(=S)C1C(=O)O. The Balaban J connectivity index is 2.52. The third kappa shape index (κ3) is 2.46. The number of benzene rings is 1. The van der Waals surface area contributed by atoms with E-state index >= 15 is 0 Å². The summed E-state index contributed by atoms with van der Waals surface area (Å²) in [6, 6.07) is 9.06. The summed E-state index contributed by atoms with van der Waals surface area (Å²) < 4.78 is 0. The minimum absolute atomic E-state index is 0.124. The van der Waals surface area contributed by atoms with Crippen molar-refractivity contribution in [1.82, 2.24) is 0 Å². The molecule has 0 fully saturated rings. The Labute approximate surface area is 114 Å². The minimum Gasteiger partial charge on any atom is -0.481 e. The van der Waals surface area contributed by atoms with Gasteiger partial charge in [-0.1, -0.05) is 48.6 Å². The van der Waals surface area contributed by atoms with Crippen LogP contribution in [0, 0.1) is 5.92 Å². The molecule has 1 aliphatic carbocycles. The van der Waals surface area contributed by atoms with Gasteiger partial charge in [0.15, 0.2) is 0 Å². The fraction of sp³-hybridized carbons (Fsp3) is 0.0714. The van der Waals surface area contributed by atoms with E-state index in [1.54, 1.807) is 18.2 Å². The Morgan fingerprint density at radius 1 is 1.05 bits per heavy atom. The third-order valence-electron chi connectivity index (χ3n) is 2.85. The molecule has 0 spiro atoms. The Morgan fingerprint density at radius 2 is 1.68 bits per heavy atom. The molecule has 0 saturated carbocycles. The minimum atomic E-state index is -1.28. The van der Waals surface area contributed by atoms with E-state index in [2.05, 4.69) is 0 Å². The molecule has 0 saturated heterocycles. The van der Waals surface area contributed by atoms with Gasteiger partial charge in [-0.15, -0.1) is 0 Å². The van der Waals surface area contributed by atoms with Crippen molar-refractivity contribution in [2.24, 2.45) is 5.92 Å². The molecule has 0 aromatic heterocycles. The highest BCUT2D eigenvalue weighted by atomic mass is 32.1. The summed E-state index contributed by atoms with van der Waals surface area (Å²) in [5.41, 5.74) is 1.14. The first kappa shape index (κ1) is 13.2. The van der Waals surface area contributed by atoms with Crippen LogP contribution in [0.1, 0.15) is 5.56 Å². The van der Waals surface area contributed by atoms with Crippen molar-refractivity contribution < 1.29 is 19.8 Å². The van der Waals surface area contributed by atoms with Crippen molar-refractivity contribution in [3.63, 3.8) is 0 Å². The second-order valence-corrected chi connectivity index (χ2v) is 4.45. The smallest absolute Gasteiger partial charge is 0.332 e. The van der Waals surface area contributed by atoms with Gasteiger partial charge in [0, 0.05) is 4.86 Å². The van der Waals surface area contributed by atoms with Gasteiger partial charge in [0.1, 0.15) is 5.92 Å². The zero-order chi connectivity index (χ0) is 14.0. The van der Waals surface area contributed by atoms with E-state index in [0.717, 1.165) is 5.56 Å². The number of allylic oxidation sites excluding steroid dienone is 3. The lowest BCUT2D eigenvalue weighted by Gasteiger charge is -2.20. The van der Waals surface area contributed by atoms with Gasteiger partial charge in [-0.2, -0.15) is 0 Å². The molecule has 1 aliphatic rings. The number of thiocarbonyl (C=S) groups is 1. The molecule has 19 heavy (non-hydrogen) atoms. The molecule has 1 aromatic rings. The highest BCUT2D eigenvalue weighted by Gasteiger charge is 2.35. The lowest BCUT2D eigenvalue weighted by Crippen LogP contribution is -2.30. The second-order valence-electron chi connectivity index (χ2n) is 4.01. The molecule has 1 atom stereocenters. The van der Waals surface area contributed by atoms with Crippen molar-refractivity contribution in [1.29, 1.82) is 0 Å². The maximum Gasteiger partial charge on any atom is 0.332 e. The molecule has 2 rings (SSSR count). The van der Waals surface area contributed by atoms with Crippen LogP contribution in [0.25, 0.3) is 5.57 Å². The summed E-state index contributed by atoms with van der Waals surface area (Å²) in [4.78, 5) is 22.4. The number of carboxylic acids is 2. The average Bonchev–Trinajstić information content (AvgIpc) is 2.38. The van der Waals surface area contributed by atoms with Gasteiger partial charge in [-0.05, 0) is 17.2 Å². The quantitative estimate of drug-likeness (QED) is 0.826. The number of hydrogen-bond acceptors (Lipinski definition) is 3. The Morgan fingerprint density at radius 3 is 2.21 bits per heavy atom. The van der Waals surface area contributed by atoms with Gasteiger partial charge in [0.2, 0.25) is 0 Å². The van der Waals surface area contributed by atoms with Crippen molar-refractivity contribution in [2.75, 3.05) is 0 Å². The number of hydrogen-bond donors (Lipinski definition) is 2. The molecule has 0 amide bonds. The van der Waals surface area contributed by atoms with Crippen molar-refractivity contribution in [3.05, 3.63) is 53.6 Å². The van der Waals surface area contributed by atoms with E-state index in [9.17, 15) is 14.7 Å². The van der Waals surface area contributed by atoms with E-state index < -0.39 is 17.9 Å². The standard InChI is InChI=1S/C14H10O4S/c15-13(16)10-7-6-9(8-4-2-1-3-5-8)12(19)11(10)14(17)18/h1-7,11H,(H,15,16)(H,17,18).